The average Bonchev–Trinajstić information content (AvgIpc) is 2.69. The van der Waals surface area contributed by atoms with Gasteiger partial charge in [0, 0.05) is 16.6 Å². The summed E-state index contributed by atoms with van der Waals surface area (Å²) >= 11 is 12.0. The molecule has 7 heteroatoms. The third-order valence-electron chi connectivity index (χ3n) is 4.77. The van der Waals surface area contributed by atoms with E-state index in [0.717, 1.165) is 11.1 Å². The third-order valence-corrected chi connectivity index (χ3v) is 7.20. The summed E-state index contributed by atoms with van der Waals surface area (Å²) in [5.74, 6) is 0. The van der Waals surface area contributed by atoms with Crippen molar-refractivity contribution in [3.8, 4) is 0 Å². The van der Waals surface area contributed by atoms with Crippen LogP contribution in [0, 0.1) is 0 Å². The number of benzene rings is 3. The summed E-state index contributed by atoms with van der Waals surface area (Å²) in [4.78, 5) is 0.288. The van der Waals surface area contributed by atoms with Crippen molar-refractivity contribution in [3.63, 3.8) is 0 Å². The number of rotatable bonds is 4. The van der Waals surface area contributed by atoms with E-state index in [9.17, 15) is 8.42 Å². The Balaban J connectivity index is 1.71. The number of nitrogens with zero attached hydrogens (tertiary/aromatic N) is 1. The molecule has 4 nitrogen and oxygen atoms in total. The molecule has 1 atom stereocenters. The van der Waals surface area contributed by atoms with Gasteiger partial charge in [-0.05, 0) is 53.9 Å². The van der Waals surface area contributed by atoms with Gasteiger partial charge >= 0.3 is 0 Å². The van der Waals surface area contributed by atoms with Crippen LogP contribution in [-0.4, -0.2) is 19.3 Å². The van der Waals surface area contributed by atoms with Crippen LogP contribution in [0.15, 0.2) is 77.7 Å². The molecular weight excluding hydrogens is 415 g/mol. The molecule has 144 valence electrons. The largest absolute Gasteiger partial charge is 0.364 e. The Kier molecular flexibility index (Phi) is 5.34. The molecule has 0 saturated carbocycles. The minimum atomic E-state index is -3.66. The summed E-state index contributed by atoms with van der Waals surface area (Å²) in [6.07, 6.45) is 0.0640. The van der Waals surface area contributed by atoms with Crippen LogP contribution in [0.3, 0.4) is 0 Å². The van der Waals surface area contributed by atoms with E-state index in [-0.39, 0.29) is 4.90 Å². The van der Waals surface area contributed by atoms with Crippen LogP contribution in [0.4, 0.5) is 5.69 Å². The summed E-state index contributed by atoms with van der Waals surface area (Å²) < 4.78 is 28.2. The van der Waals surface area contributed by atoms with Crippen LogP contribution >= 0.6 is 23.2 Å². The quantitative estimate of drug-likeness (QED) is 0.604. The van der Waals surface area contributed by atoms with Gasteiger partial charge in [0.1, 0.15) is 11.1 Å². The number of fused-ring (bicyclic) bond motifs is 1. The van der Waals surface area contributed by atoms with Gasteiger partial charge in [0.15, 0.2) is 0 Å². The molecule has 0 saturated heterocycles. The number of anilines is 1. The number of nitrogens with one attached hydrogen (secondary N) is 1. The van der Waals surface area contributed by atoms with Crippen molar-refractivity contribution in [3.05, 3.63) is 94.0 Å². The second kappa shape index (κ2) is 7.76. The molecule has 0 unspecified atom stereocenters. The Bertz CT molecular complexity index is 1080. The maximum atomic E-state index is 13.4. The number of halogens is 2. The van der Waals surface area contributed by atoms with Crippen molar-refractivity contribution in [1.29, 1.82) is 0 Å². The second-order valence-electron chi connectivity index (χ2n) is 6.59. The highest BCUT2D eigenvalue weighted by Gasteiger charge is 2.38. The van der Waals surface area contributed by atoms with E-state index in [0.29, 0.717) is 28.7 Å². The second-order valence-corrected chi connectivity index (χ2v) is 9.32. The highest BCUT2D eigenvalue weighted by atomic mass is 35.5. The van der Waals surface area contributed by atoms with E-state index in [2.05, 4.69) is 5.32 Å². The maximum Gasteiger partial charge on any atom is 0.247 e. The standard InChI is InChI=1S/C21H18Cl2N2O2S/c22-17-9-5-15(6-10-17)13-14-25-21(16-7-11-18(23)12-8-16)24-19-3-1-2-4-20(19)28(25,26)27/h1-12,21,24H,13-14H2/t21-/m1/s1. The molecule has 0 radical (unpaired) electrons. The van der Waals surface area contributed by atoms with Gasteiger partial charge in [-0.3, -0.25) is 0 Å². The third kappa shape index (κ3) is 3.76. The molecule has 1 aliphatic heterocycles. The number of sulfonamides is 1. The van der Waals surface area contributed by atoms with Crippen LogP contribution in [0.1, 0.15) is 17.3 Å². The fourth-order valence-corrected chi connectivity index (χ4v) is 5.27. The number of hydrogen-bond donors (Lipinski definition) is 1. The van der Waals surface area contributed by atoms with E-state index in [1.54, 1.807) is 30.3 Å². The fourth-order valence-electron chi connectivity index (χ4n) is 3.33. The van der Waals surface area contributed by atoms with E-state index >= 15 is 0 Å². The lowest BCUT2D eigenvalue weighted by Gasteiger charge is -2.37. The van der Waals surface area contributed by atoms with E-state index in [1.807, 2.05) is 42.5 Å². The Morgan fingerprint density at radius 2 is 1.46 bits per heavy atom. The van der Waals surface area contributed by atoms with Crippen molar-refractivity contribution in [1.82, 2.24) is 4.31 Å². The topological polar surface area (TPSA) is 49.4 Å². The van der Waals surface area contributed by atoms with Crippen LogP contribution in [0.25, 0.3) is 0 Å². The molecule has 3 aromatic rings. The zero-order valence-corrected chi connectivity index (χ0v) is 17.2. The molecule has 0 aliphatic carbocycles. The zero-order chi connectivity index (χ0) is 19.7. The Hall–Kier alpha value is -2.05. The molecule has 0 amide bonds. The first-order valence-electron chi connectivity index (χ1n) is 8.82. The lowest BCUT2D eigenvalue weighted by Crippen LogP contribution is -2.43. The lowest BCUT2D eigenvalue weighted by molar-refractivity contribution is 0.345. The van der Waals surface area contributed by atoms with Crippen molar-refractivity contribution >= 4 is 38.9 Å². The highest BCUT2D eigenvalue weighted by Crippen LogP contribution is 2.38. The maximum absolute atomic E-state index is 13.4. The SMILES string of the molecule is O=S1(=O)c2ccccc2N[C@@H](c2ccc(Cl)cc2)N1CCc1ccc(Cl)cc1. The van der Waals surface area contributed by atoms with Crippen molar-refractivity contribution in [2.75, 3.05) is 11.9 Å². The molecular formula is C21H18Cl2N2O2S. The van der Waals surface area contributed by atoms with E-state index in [1.165, 1.54) is 4.31 Å². The fraction of sp³-hybridized carbons (Fsp3) is 0.143. The molecule has 4 rings (SSSR count). The first-order chi connectivity index (χ1) is 13.4. The Morgan fingerprint density at radius 3 is 2.14 bits per heavy atom. The summed E-state index contributed by atoms with van der Waals surface area (Å²) in [7, 11) is -3.66. The summed E-state index contributed by atoms with van der Waals surface area (Å²) in [5.41, 5.74) is 2.46. The Morgan fingerprint density at radius 1 is 0.857 bits per heavy atom. The van der Waals surface area contributed by atoms with Crippen LogP contribution in [-0.2, 0) is 16.4 Å². The minimum Gasteiger partial charge on any atom is -0.364 e. The first kappa shape index (κ1) is 19.3. The minimum absolute atomic E-state index is 0.288. The number of hydrogen-bond acceptors (Lipinski definition) is 3. The molecule has 1 aliphatic rings. The van der Waals surface area contributed by atoms with Gasteiger partial charge in [-0.2, -0.15) is 4.31 Å². The van der Waals surface area contributed by atoms with Gasteiger partial charge in [-0.15, -0.1) is 0 Å². The summed E-state index contributed by atoms with van der Waals surface area (Å²) in [6, 6.07) is 21.6. The molecule has 3 aromatic carbocycles. The van der Waals surface area contributed by atoms with Gasteiger partial charge < -0.3 is 5.32 Å². The van der Waals surface area contributed by atoms with Gasteiger partial charge in [0.25, 0.3) is 0 Å². The van der Waals surface area contributed by atoms with E-state index in [4.69, 9.17) is 23.2 Å². The zero-order valence-electron chi connectivity index (χ0n) is 14.8. The van der Waals surface area contributed by atoms with Crippen molar-refractivity contribution in [2.45, 2.75) is 17.5 Å². The molecule has 0 bridgehead atoms. The van der Waals surface area contributed by atoms with Crippen molar-refractivity contribution in [2.24, 2.45) is 0 Å². The van der Waals surface area contributed by atoms with Crippen LogP contribution in [0.2, 0.25) is 10.0 Å². The number of para-hydroxylation sites is 1. The van der Waals surface area contributed by atoms with E-state index < -0.39 is 16.2 Å². The predicted molar refractivity (Wildman–Crippen MR) is 113 cm³/mol. The van der Waals surface area contributed by atoms with Crippen LogP contribution < -0.4 is 5.32 Å². The smallest absolute Gasteiger partial charge is 0.247 e. The summed E-state index contributed by atoms with van der Waals surface area (Å²) in [6.45, 7) is 0.332. The molecule has 0 spiro atoms. The van der Waals surface area contributed by atoms with Crippen LogP contribution in [0.5, 0.6) is 0 Å². The predicted octanol–water partition coefficient (Wildman–Crippen LogP) is 5.35. The van der Waals surface area contributed by atoms with Gasteiger partial charge in [-0.25, -0.2) is 8.42 Å². The normalized spacial score (nSPS) is 18.3. The average molecular weight is 433 g/mol. The molecule has 1 heterocycles. The monoisotopic (exact) mass is 432 g/mol. The molecule has 28 heavy (non-hydrogen) atoms. The van der Waals surface area contributed by atoms with Gasteiger partial charge in [0.05, 0.1) is 5.69 Å². The highest BCUT2D eigenvalue weighted by molar-refractivity contribution is 7.89. The van der Waals surface area contributed by atoms with Gasteiger partial charge in [-0.1, -0.05) is 59.6 Å². The molecule has 1 N–H and O–H groups in total. The first-order valence-corrected chi connectivity index (χ1v) is 11.0. The Labute approximate surface area is 174 Å². The van der Waals surface area contributed by atoms with Gasteiger partial charge in [0.2, 0.25) is 10.0 Å². The molecule has 0 fully saturated rings. The molecule has 0 aromatic heterocycles. The summed E-state index contributed by atoms with van der Waals surface area (Å²) in [5, 5.41) is 4.63. The van der Waals surface area contributed by atoms with Crippen molar-refractivity contribution < 1.29 is 8.42 Å². The lowest BCUT2D eigenvalue weighted by atomic mass is 10.1.